The van der Waals surface area contributed by atoms with Gasteiger partial charge < -0.3 is 14.8 Å². The van der Waals surface area contributed by atoms with Crippen LogP contribution in [0.4, 0.5) is 5.69 Å². The number of benzene rings is 1. The number of ether oxygens (including phenoxy) is 2. The molecule has 0 saturated carbocycles. The molecule has 2 aromatic heterocycles. The molecule has 1 fully saturated rings. The second kappa shape index (κ2) is 7.34. The third-order valence-corrected chi connectivity index (χ3v) is 5.36. The highest BCUT2D eigenvalue weighted by molar-refractivity contribution is 5.70. The summed E-state index contributed by atoms with van der Waals surface area (Å²) >= 11 is 0. The van der Waals surface area contributed by atoms with Gasteiger partial charge in [0.15, 0.2) is 11.5 Å². The summed E-state index contributed by atoms with van der Waals surface area (Å²) in [5, 5.41) is 14.7. The molecule has 2 aliphatic rings. The van der Waals surface area contributed by atoms with Crippen LogP contribution in [0.15, 0.2) is 36.5 Å². The molecule has 4 heterocycles. The van der Waals surface area contributed by atoms with Crippen molar-refractivity contribution in [2.24, 2.45) is 0 Å². The Hall–Kier alpha value is -3.17. The Morgan fingerprint density at radius 3 is 2.93 bits per heavy atom. The van der Waals surface area contributed by atoms with E-state index in [1.165, 1.54) is 6.07 Å². The van der Waals surface area contributed by atoms with Crippen LogP contribution < -0.4 is 14.8 Å². The average Bonchev–Trinajstić information content (AvgIpc) is 3.24. The van der Waals surface area contributed by atoms with Crippen molar-refractivity contribution in [3.8, 4) is 22.8 Å². The minimum atomic E-state index is -0.376. The molecule has 0 aliphatic carbocycles. The first-order valence-corrected chi connectivity index (χ1v) is 9.67. The first kappa shape index (κ1) is 17.9. The number of nitrogens with one attached hydrogen (secondary N) is 1. The number of nitro groups is 1. The van der Waals surface area contributed by atoms with Crippen LogP contribution in [-0.2, 0) is 6.54 Å². The van der Waals surface area contributed by atoms with Gasteiger partial charge in [-0.25, -0.2) is 4.98 Å². The number of imidazole rings is 1. The summed E-state index contributed by atoms with van der Waals surface area (Å²) in [6, 6.07) is 8.94. The number of pyridine rings is 1. The van der Waals surface area contributed by atoms with Gasteiger partial charge in [0.1, 0.15) is 5.65 Å². The van der Waals surface area contributed by atoms with E-state index in [1.54, 1.807) is 12.3 Å². The largest absolute Gasteiger partial charge is 0.454 e. The summed E-state index contributed by atoms with van der Waals surface area (Å²) in [5.41, 5.74) is 3.38. The lowest BCUT2D eigenvalue weighted by Crippen LogP contribution is -2.28. The van der Waals surface area contributed by atoms with E-state index in [1.807, 2.05) is 22.6 Å². The maximum absolute atomic E-state index is 11.3. The summed E-state index contributed by atoms with van der Waals surface area (Å²) < 4.78 is 12.8. The van der Waals surface area contributed by atoms with Crippen molar-refractivity contribution in [2.45, 2.75) is 13.0 Å². The molecule has 0 bridgehead atoms. The molecule has 9 nitrogen and oxygen atoms in total. The molecule has 29 heavy (non-hydrogen) atoms. The number of aromatic nitrogens is 2. The number of fused-ring (bicyclic) bond motifs is 2. The van der Waals surface area contributed by atoms with Crippen molar-refractivity contribution in [2.75, 3.05) is 33.0 Å². The lowest BCUT2D eigenvalue weighted by Gasteiger charge is -2.20. The Labute approximate surface area is 167 Å². The predicted octanol–water partition coefficient (Wildman–Crippen LogP) is 2.43. The van der Waals surface area contributed by atoms with Gasteiger partial charge in [-0.15, -0.1) is 0 Å². The molecule has 3 aromatic rings. The molecular formula is C20H21N5O4. The molecule has 150 valence electrons. The Balaban J connectivity index is 1.62. The minimum absolute atomic E-state index is 0.0471. The highest BCUT2D eigenvalue weighted by Crippen LogP contribution is 2.37. The first-order valence-electron chi connectivity index (χ1n) is 9.67. The van der Waals surface area contributed by atoms with E-state index < -0.39 is 0 Å². The Morgan fingerprint density at radius 1 is 1.14 bits per heavy atom. The van der Waals surface area contributed by atoms with Crippen molar-refractivity contribution in [1.29, 1.82) is 0 Å². The maximum atomic E-state index is 11.3. The molecule has 0 amide bonds. The van der Waals surface area contributed by atoms with E-state index in [0.717, 1.165) is 49.6 Å². The third kappa shape index (κ3) is 3.39. The summed E-state index contributed by atoms with van der Waals surface area (Å²) in [7, 11) is 0. The molecule has 0 unspecified atom stereocenters. The number of nitrogens with zero attached hydrogens (tertiary/aromatic N) is 4. The standard InChI is InChI=1S/C20H21N5O4/c26-25(27)15-3-5-19-22-20(14-2-4-17-18(10-14)29-13-28-17)16(24(19)11-15)12-23-8-1-6-21-7-9-23/h2-5,10-11,21H,1,6-9,12-13H2. The van der Waals surface area contributed by atoms with Crippen LogP contribution in [0, 0.1) is 10.1 Å². The van der Waals surface area contributed by atoms with Gasteiger partial charge in [0.2, 0.25) is 6.79 Å². The zero-order chi connectivity index (χ0) is 19.8. The van der Waals surface area contributed by atoms with E-state index >= 15 is 0 Å². The second-order valence-corrected chi connectivity index (χ2v) is 7.23. The van der Waals surface area contributed by atoms with E-state index in [4.69, 9.17) is 14.5 Å². The predicted molar refractivity (Wildman–Crippen MR) is 106 cm³/mol. The SMILES string of the molecule is O=[N+]([O-])c1ccc2nc(-c3ccc4c(c3)OCO4)c(CN3CCCNCC3)n2c1. The lowest BCUT2D eigenvalue weighted by molar-refractivity contribution is -0.385. The normalized spacial score (nSPS) is 16.8. The second-order valence-electron chi connectivity index (χ2n) is 7.23. The molecular weight excluding hydrogens is 374 g/mol. The fourth-order valence-corrected chi connectivity index (χ4v) is 3.89. The molecule has 9 heteroatoms. The Kier molecular flexibility index (Phi) is 4.53. The summed E-state index contributed by atoms with van der Waals surface area (Å²) in [5.74, 6) is 1.41. The van der Waals surface area contributed by atoms with Gasteiger partial charge in [-0.05, 0) is 43.8 Å². The van der Waals surface area contributed by atoms with Crippen LogP contribution in [0.3, 0.4) is 0 Å². The highest BCUT2D eigenvalue weighted by atomic mass is 16.7. The molecule has 1 aromatic carbocycles. The fraction of sp³-hybridized carbons (Fsp3) is 0.350. The minimum Gasteiger partial charge on any atom is -0.454 e. The zero-order valence-electron chi connectivity index (χ0n) is 15.8. The van der Waals surface area contributed by atoms with Gasteiger partial charge in [-0.1, -0.05) is 0 Å². The fourth-order valence-electron chi connectivity index (χ4n) is 3.89. The molecule has 5 rings (SSSR count). The van der Waals surface area contributed by atoms with Gasteiger partial charge in [0.05, 0.1) is 22.5 Å². The maximum Gasteiger partial charge on any atom is 0.286 e. The smallest absolute Gasteiger partial charge is 0.286 e. The van der Waals surface area contributed by atoms with Crippen LogP contribution in [0.1, 0.15) is 12.1 Å². The number of hydrogen-bond acceptors (Lipinski definition) is 7. The van der Waals surface area contributed by atoms with Crippen molar-refractivity contribution >= 4 is 11.3 Å². The topological polar surface area (TPSA) is 94.2 Å². The van der Waals surface area contributed by atoms with E-state index in [2.05, 4.69) is 10.2 Å². The number of hydrogen-bond donors (Lipinski definition) is 1. The highest BCUT2D eigenvalue weighted by Gasteiger charge is 2.22. The Morgan fingerprint density at radius 2 is 2.03 bits per heavy atom. The van der Waals surface area contributed by atoms with Crippen LogP contribution in [0.5, 0.6) is 11.5 Å². The van der Waals surface area contributed by atoms with Gasteiger partial charge in [-0.2, -0.15) is 0 Å². The monoisotopic (exact) mass is 395 g/mol. The summed E-state index contributed by atoms with van der Waals surface area (Å²) in [6.07, 6.45) is 2.63. The van der Waals surface area contributed by atoms with Gasteiger partial charge in [0, 0.05) is 31.3 Å². The van der Waals surface area contributed by atoms with E-state index in [-0.39, 0.29) is 17.4 Å². The average molecular weight is 395 g/mol. The quantitative estimate of drug-likeness (QED) is 0.536. The van der Waals surface area contributed by atoms with Crippen LogP contribution in [0.25, 0.3) is 16.9 Å². The molecule has 1 saturated heterocycles. The van der Waals surface area contributed by atoms with Crippen molar-refractivity contribution in [1.82, 2.24) is 19.6 Å². The van der Waals surface area contributed by atoms with E-state index in [9.17, 15) is 10.1 Å². The summed E-state index contributed by atoms with van der Waals surface area (Å²) in [6.45, 7) is 4.69. The van der Waals surface area contributed by atoms with Crippen LogP contribution in [0.2, 0.25) is 0 Å². The lowest BCUT2D eigenvalue weighted by atomic mass is 10.1. The zero-order valence-corrected chi connectivity index (χ0v) is 15.8. The third-order valence-electron chi connectivity index (χ3n) is 5.36. The van der Waals surface area contributed by atoms with Crippen molar-refractivity contribution in [3.63, 3.8) is 0 Å². The van der Waals surface area contributed by atoms with E-state index in [0.29, 0.717) is 23.7 Å². The molecule has 0 atom stereocenters. The van der Waals surface area contributed by atoms with Gasteiger partial charge >= 0.3 is 0 Å². The number of rotatable bonds is 4. The van der Waals surface area contributed by atoms with Crippen molar-refractivity contribution in [3.05, 3.63) is 52.3 Å². The van der Waals surface area contributed by atoms with Crippen molar-refractivity contribution < 1.29 is 14.4 Å². The van der Waals surface area contributed by atoms with Crippen LogP contribution in [-0.4, -0.2) is 52.2 Å². The molecule has 0 radical (unpaired) electrons. The summed E-state index contributed by atoms with van der Waals surface area (Å²) in [4.78, 5) is 18.1. The van der Waals surface area contributed by atoms with Gasteiger partial charge in [0.25, 0.3) is 5.69 Å². The first-order chi connectivity index (χ1) is 14.2. The van der Waals surface area contributed by atoms with Gasteiger partial charge in [-0.3, -0.25) is 19.4 Å². The molecule has 0 spiro atoms. The Bertz CT molecular complexity index is 1070. The molecule has 2 aliphatic heterocycles. The van der Waals surface area contributed by atoms with Crippen LogP contribution >= 0.6 is 0 Å². The molecule has 1 N–H and O–H groups in total.